The molecule has 0 bridgehead atoms. The molecule has 0 aliphatic heterocycles. The van der Waals surface area contributed by atoms with Gasteiger partial charge >= 0.3 is 0 Å². The van der Waals surface area contributed by atoms with Crippen molar-refractivity contribution in [3.63, 3.8) is 0 Å². The van der Waals surface area contributed by atoms with Crippen LogP contribution in [0.3, 0.4) is 0 Å². The minimum absolute atomic E-state index is 0.500. The van der Waals surface area contributed by atoms with Crippen LogP contribution in [-0.2, 0) is 4.74 Å². The van der Waals surface area contributed by atoms with Gasteiger partial charge in [-0.3, -0.25) is 0 Å². The average molecular weight is 273 g/mol. The molecule has 0 fully saturated rings. The molecule has 1 aromatic rings. The van der Waals surface area contributed by atoms with Crippen molar-refractivity contribution in [2.24, 2.45) is 5.73 Å². The number of hydrogen-bond acceptors (Lipinski definition) is 4. The summed E-state index contributed by atoms with van der Waals surface area (Å²) in [5, 5.41) is 3.79. The third-order valence-corrected chi connectivity index (χ3v) is 2.61. The molecule has 5 heteroatoms. The molecular formula is C13H21ClN2O2. The van der Waals surface area contributed by atoms with Gasteiger partial charge in [-0.25, -0.2) is 0 Å². The summed E-state index contributed by atoms with van der Waals surface area (Å²) in [6.45, 7) is 5.97. The van der Waals surface area contributed by atoms with Gasteiger partial charge in [-0.05, 0) is 24.6 Å². The second-order valence-electron chi connectivity index (χ2n) is 3.93. The summed E-state index contributed by atoms with van der Waals surface area (Å²) >= 11 is 6.04. The zero-order valence-electron chi connectivity index (χ0n) is 10.7. The van der Waals surface area contributed by atoms with E-state index in [0.29, 0.717) is 37.1 Å². The molecule has 1 rings (SSSR count). The van der Waals surface area contributed by atoms with Gasteiger partial charge in [0, 0.05) is 19.6 Å². The standard InChI is InChI=1S/C13H21ClN2O2/c1-11-2-3-13(12(14)10-11)18-9-8-17-7-6-16-5-4-15/h2-3,10,16H,4-9,15H2,1H3. The van der Waals surface area contributed by atoms with Gasteiger partial charge in [-0.2, -0.15) is 0 Å². The summed E-state index contributed by atoms with van der Waals surface area (Å²) in [5.41, 5.74) is 6.46. The molecular weight excluding hydrogens is 252 g/mol. The maximum atomic E-state index is 6.04. The number of halogens is 1. The minimum atomic E-state index is 0.500. The molecule has 0 saturated heterocycles. The highest BCUT2D eigenvalue weighted by molar-refractivity contribution is 6.32. The SMILES string of the molecule is Cc1ccc(OCCOCCNCCN)c(Cl)c1. The molecule has 0 heterocycles. The Balaban J connectivity index is 2.07. The number of hydrogen-bond donors (Lipinski definition) is 2. The van der Waals surface area contributed by atoms with E-state index < -0.39 is 0 Å². The van der Waals surface area contributed by atoms with E-state index in [1.165, 1.54) is 0 Å². The lowest BCUT2D eigenvalue weighted by Crippen LogP contribution is -2.26. The van der Waals surface area contributed by atoms with Gasteiger partial charge < -0.3 is 20.5 Å². The van der Waals surface area contributed by atoms with Crippen LogP contribution >= 0.6 is 11.6 Å². The highest BCUT2D eigenvalue weighted by Crippen LogP contribution is 2.24. The Morgan fingerprint density at radius 3 is 2.78 bits per heavy atom. The first kappa shape index (κ1) is 15.2. The lowest BCUT2D eigenvalue weighted by Gasteiger charge is -2.09. The van der Waals surface area contributed by atoms with Crippen molar-refractivity contribution >= 4 is 11.6 Å². The first-order chi connectivity index (χ1) is 8.74. The van der Waals surface area contributed by atoms with Crippen molar-refractivity contribution in [3.05, 3.63) is 28.8 Å². The van der Waals surface area contributed by atoms with Crippen LogP contribution in [-0.4, -0.2) is 39.5 Å². The Labute approximate surface area is 113 Å². The van der Waals surface area contributed by atoms with Gasteiger partial charge in [0.15, 0.2) is 0 Å². The normalized spacial score (nSPS) is 10.6. The smallest absolute Gasteiger partial charge is 0.138 e. The van der Waals surface area contributed by atoms with Crippen LogP contribution in [0.15, 0.2) is 18.2 Å². The zero-order chi connectivity index (χ0) is 13.2. The number of rotatable bonds is 9. The molecule has 0 aromatic heterocycles. The quantitative estimate of drug-likeness (QED) is 0.671. The molecule has 0 saturated carbocycles. The van der Waals surface area contributed by atoms with Crippen molar-refractivity contribution in [2.75, 3.05) is 39.5 Å². The molecule has 1 aromatic carbocycles. The fraction of sp³-hybridized carbons (Fsp3) is 0.538. The Morgan fingerprint density at radius 2 is 2.06 bits per heavy atom. The Morgan fingerprint density at radius 1 is 1.22 bits per heavy atom. The van der Waals surface area contributed by atoms with Crippen LogP contribution in [0.2, 0.25) is 5.02 Å². The Kier molecular flexibility index (Phi) is 7.76. The maximum Gasteiger partial charge on any atom is 0.138 e. The number of ether oxygens (including phenoxy) is 2. The van der Waals surface area contributed by atoms with Crippen LogP contribution in [0.1, 0.15) is 5.56 Å². The van der Waals surface area contributed by atoms with E-state index >= 15 is 0 Å². The summed E-state index contributed by atoms with van der Waals surface area (Å²) in [6.07, 6.45) is 0. The van der Waals surface area contributed by atoms with Crippen LogP contribution < -0.4 is 15.8 Å². The first-order valence-corrected chi connectivity index (χ1v) is 6.49. The van der Waals surface area contributed by atoms with E-state index in [1.54, 1.807) is 0 Å². The maximum absolute atomic E-state index is 6.04. The second kappa shape index (κ2) is 9.16. The lowest BCUT2D eigenvalue weighted by atomic mass is 10.2. The van der Waals surface area contributed by atoms with Crippen LogP contribution in [0.4, 0.5) is 0 Å². The lowest BCUT2D eigenvalue weighted by molar-refractivity contribution is 0.102. The number of aryl methyl sites for hydroxylation is 1. The molecule has 0 spiro atoms. The molecule has 0 aliphatic carbocycles. The van der Waals surface area contributed by atoms with Gasteiger partial charge in [0.25, 0.3) is 0 Å². The zero-order valence-corrected chi connectivity index (χ0v) is 11.5. The Bertz CT molecular complexity index is 348. The van der Waals surface area contributed by atoms with Crippen molar-refractivity contribution in [3.8, 4) is 5.75 Å². The number of nitrogens with two attached hydrogens (primary N) is 1. The fourth-order valence-electron chi connectivity index (χ4n) is 1.41. The van der Waals surface area contributed by atoms with E-state index in [-0.39, 0.29) is 0 Å². The molecule has 0 atom stereocenters. The molecule has 0 unspecified atom stereocenters. The van der Waals surface area contributed by atoms with Gasteiger partial charge in [-0.1, -0.05) is 17.7 Å². The third kappa shape index (κ3) is 6.21. The summed E-state index contributed by atoms with van der Waals surface area (Å²) in [7, 11) is 0. The number of nitrogens with one attached hydrogen (secondary N) is 1. The number of benzene rings is 1. The average Bonchev–Trinajstić information content (AvgIpc) is 2.35. The Hall–Kier alpha value is -0.810. The molecule has 3 N–H and O–H groups in total. The van der Waals surface area contributed by atoms with E-state index in [9.17, 15) is 0 Å². The predicted octanol–water partition coefficient (Wildman–Crippen LogP) is 1.59. The van der Waals surface area contributed by atoms with Crippen LogP contribution in [0, 0.1) is 6.92 Å². The first-order valence-electron chi connectivity index (χ1n) is 6.11. The van der Waals surface area contributed by atoms with Gasteiger partial charge in [0.2, 0.25) is 0 Å². The molecule has 18 heavy (non-hydrogen) atoms. The van der Waals surface area contributed by atoms with Crippen LogP contribution in [0.5, 0.6) is 5.75 Å². The largest absolute Gasteiger partial charge is 0.490 e. The van der Waals surface area contributed by atoms with Crippen molar-refractivity contribution in [2.45, 2.75) is 6.92 Å². The molecule has 4 nitrogen and oxygen atoms in total. The van der Waals surface area contributed by atoms with Crippen LogP contribution in [0.25, 0.3) is 0 Å². The monoisotopic (exact) mass is 272 g/mol. The summed E-state index contributed by atoms with van der Waals surface area (Å²) in [5.74, 6) is 0.701. The summed E-state index contributed by atoms with van der Waals surface area (Å²) in [4.78, 5) is 0. The van der Waals surface area contributed by atoms with Gasteiger partial charge in [-0.15, -0.1) is 0 Å². The molecule has 0 radical (unpaired) electrons. The van der Waals surface area contributed by atoms with Crippen molar-refractivity contribution in [1.29, 1.82) is 0 Å². The molecule has 0 amide bonds. The molecule has 0 aliphatic rings. The van der Waals surface area contributed by atoms with Crippen molar-refractivity contribution < 1.29 is 9.47 Å². The third-order valence-electron chi connectivity index (χ3n) is 2.32. The minimum Gasteiger partial charge on any atom is -0.490 e. The van der Waals surface area contributed by atoms with Crippen molar-refractivity contribution in [1.82, 2.24) is 5.32 Å². The summed E-state index contributed by atoms with van der Waals surface area (Å²) in [6, 6.07) is 5.73. The van der Waals surface area contributed by atoms with E-state index in [0.717, 1.165) is 18.7 Å². The van der Waals surface area contributed by atoms with E-state index in [1.807, 2.05) is 25.1 Å². The summed E-state index contributed by atoms with van der Waals surface area (Å²) < 4.78 is 10.9. The fourth-order valence-corrected chi connectivity index (χ4v) is 1.70. The van der Waals surface area contributed by atoms with Gasteiger partial charge in [0.1, 0.15) is 12.4 Å². The highest BCUT2D eigenvalue weighted by atomic mass is 35.5. The second-order valence-corrected chi connectivity index (χ2v) is 4.34. The van der Waals surface area contributed by atoms with Gasteiger partial charge in [0.05, 0.1) is 18.2 Å². The molecule has 102 valence electrons. The predicted molar refractivity (Wildman–Crippen MR) is 74.4 cm³/mol. The van der Waals surface area contributed by atoms with E-state index in [4.69, 9.17) is 26.8 Å². The highest BCUT2D eigenvalue weighted by Gasteiger charge is 2.00. The van der Waals surface area contributed by atoms with E-state index in [2.05, 4.69) is 5.32 Å². The topological polar surface area (TPSA) is 56.5 Å².